The van der Waals surface area contributed by atoms with Crippen LogP contribution < -0.4 is 10.6 Å². The third-order valence-electron chi connectivity index (χ3n) is 8.31. The number of piperidine rings is 1. The van der Waals surface area contributed by atoms with Crippen molar-refractivity contribution in [2.75, 3.05) is 36.2 Å². The van der Waals surface area contributed by atoms with Crippen LogP contribution in [0.3, 0.4) is 0 Å². The number of benzene rings is 1. The molecule has 0 aromatic heterocycles. The zero-order chi connectivity index (χ0) is 28.3. The summed E-state index contributed by atoms with van der Waals surface area (Å²) in [6.07, 6.45) is 8.74. The zero-order valence-electron chi connectivity index (χ0n) is 24.3. The van der Waals surface area contributed by atoms with Crippen molar-refractivity contribution in [1.29, 1.82) is 0 Å². The van der Waals surface area contributed by atoms with Gasteiger partial charge in [-0.2, -0.15) is 11.8 Å². The van der Waals surface area contributed by atoms with E-state index in [1.807, 2.05) is 24.8 Å². The second kappa shape index (κ2) is 16.1. The molecule has 3 aliphatic rings. The lowest BCUT2D eigenvalue weighted by Gasteiger charge is -2.35. The summed E-state index contributed by atoms with van der Waals surface area (Å²) in [5.74, 6) is 3.60. The molecule has 1 aliphatic carbocycles. The van der Waals surface area contributed by atoms with Crippen molar-refractivity contribution in [3.63, 3.8) is 0 Å². The number of carbonyl (C=O) groups excluding carboxylic acids is 3. The van der Waals surface area contributed by atoms with Crippen LogP contribution in [0.1, 0.15) is 70.8 Å². The van der Waals surface area contributed by atoms with E-state index >= 15 is 0 Å². The fraction of sp³-hybridized carbons (Fsp3) is 0.710. The van der Waals surface area contributed by atoms with E-state index in [2.05, 4.69) is 34.9 Å². The first-order chi connectivity index (χ1) is 19.4. The number of hydrogen-bond donors (Lipinski definition) is 2. The Morgan fingerprint density at radius 2 is 1.75 bits per heavy atom. The predicted molar refractivity (Wildman–Crippen MR) is 166 cm³/mol. The van der Waals surface area contributed by atoms with E-state index in [1.165, 1.54) is 37.7 Å². The molecular formula is C31H48N4O3S2. The van der Waals surface area contributed by atoms with Gasteiger partial charge in [-0.1, -0.05) is 63.4 Å². The van der Waals surface area contributed by atoms with Crippen LogP contribution in [-0.4, -0.2) is 81.9 Å². The predicted octanol–water partition coefficient (Wildman–Crippen LogP) is 4.51. The number of likely N-dealkylation sites (tertiary alicyclic amines) is 1. The molecular weight excluding hydrogens is 541 g/mol. The van der Waals surface area contributed by atoms with Crippen molar-refractivity contribution in [3.05, 3.63) is 35.9 Å². The average molecular weight is 589 g/mol. The summed E-state index contributed by atoms with van der Waals surface area (Å²) in [7, 11) is 0. The zero-order valence-corrected chi connectivity index (χ0v) is 25.9. The summed E-state index contributed by atoms with van der Waals surface area (Å²) in [6.45, 7) is 6.28. The molecule has 1 aromatic rings. The standard InChI is InChI=1S/C31H48N4O3S2/c1-23(2)17-29(36)35-22-40-21-28(35)30(37)33-27(20-39-19-25-11-7-4-8-12-25)31(38)34-15-13-26(14-16-34)32-18-24-9-5-3-6-10-24/h3,5-6,9-10,23,25-28,32H,4,7-8,11-22H2,1-2H3,(H,33,37)/t27-,28-/m0/s1. The second-order valence-corrected chi connectivity index (χ2v) is 14.1. The Kier molecular flexibility index (Phi) is 12.5. The SMILES string of the molecule is CC(C)CC(=O)N1CSC[C@H]1C(=O)N[C@@H](CSCC1CCCCC1)C(=O)N1CCC(NCc2ccccc2)CC1. The van der Waals surface area contributed by atoms with Gasteiger partial charge >= 0.3 is 0 Å². The van der Waals surface area contributed by atoms with Crippen LogP contribution in [0.2, 0.25) is 0 Å². The maximum absolute atomic E-state index is 13.8. The molecule has 2 heterocycles. The van der Waals surface area contributed by atoms with Crippen LogP contribution in [0.5, 0.6) is 0 Å². The number of hydrogen-bond acceptors (Lipinski definition) is 6. The summed E-state index contributed by atoms with van der Waals surface area (Å²) >= 11 is 3.42. The molecule has 2 N–H and O–H groups in total. The van der Waals surface area contributed by atoms with E-state index in [4.69, 9.17) is 0 Å². The minimum atomic E-state index is -0.553. The molecule has 2 saturated heterocycles. The first kappa shape index (κ1) is 31.2. The van der Waals surface area contributed by atoms with Gasteiger partial charge < -0.3 is 20.4 Å². The summed E-state index contributed by atoms with van der Waals surface area (Å²) in [6, 6.07) is 9.74. The van der Waals surface area contributed by atoms with Crippen LogP contribution in [0.4, 0.5) is 0 Å². The van der Waals surface area contributed by atoms with Gasteiger partial charge in [-0.15, -0.1) is 11.8 Å². The van der Waals surface area contributed by atoms with Gasteiger partial charge in [-0.05, 0) is 48.8 Å². The van der Waals surface area contributed by atoms with Crippen LogP contribution >= 0.6 is 23.5 Å². The Morgan fingerprint density at radius 1 is 1.02 bits per heavy atom. The molecule has 40 heavy (non-hydrogen) atoms. The van der Waals surface area contributed by atoms with Crippen molar-refractivity contribution < 1.29 is 14.4 Å². The first-order valence-electron chi connectivity index (χ1n) is 15.2. The molecule has 4 rings (SSSR count). The van der Waals surface area contributed by atoms with Gasteiger partial charge in [0.15, 0.2) is 0 Å². The summed E-state index contributed by atoms with van der Waals surface area (Å²) in [4.78, 5) is 43.7. The molecule has 0 spiro atoms. The minimum Gasteiger partial charge on any atom is -0.342 e. The van der Waals surface area contributed by atoms with Gasteiger partial charge in [0.05, 0.1) is 5.88 Å². The van der Waals surface area contributed by atoms with Crippen LogP contribution in [0, 0.1) is 11.8 Å². The van der Waals surface area contributed by atoms with Crippen LogP contribution in [-0.2, 0) is 20.9 Å². The highest BCUT2D eigenvalue weighted by atomic mass is 32.2. The Morgan fingerprint density at radius 3 is 2.45 bits per heavy atom. The van der Waals surface area contributed by atoms with E-state index in [9.17, 15) is 14.4 Å². The first-order valence-corrected chi connectivity index (χ1v) is 17.5. The monoisotopic (exact) mass is 588 g/mol. The van der Waals surface area contributed by atoms with Gasteiger partial charge in [0.25, 0.3) is 0 Å². The van der Waals surface area contributed by atoms with E-state index in [1.54, 1.807) is 28.4 Å². The summed E-state index contributed by atoms with van der Waals surface area (Å²) in [5, 5.41) is 6.76. The van der Waals surface area contributed by atoms with Gasteiger partial charge in [0, 0.05) is 43.6 Å². The molecule has 2 atom stereocenters. The Hall–Kier alpha value is -1.71. The van der Waals surface area contributed by atoms with Crippen LogP contribution in [0.25, 0.3) is 0 Å². The van der Waals surface area contributed by atoms with Crippen molar-refractivity contribution in [1.82, 2.24) is 20.4 Å². The molecule has 3 fully saturated rings. The van der Waals surface area contributed by atoms with Crippen molar-refractivity contribution in [2.45, 2.75) is 89.9 Å². The normalized spacial score (nSPS) is 21.5. The molecule has 1 saturated carbocycles. The number of thioether (sulfide) groups is 2. The largest absolute Gasteiger partial charge is 0.342 e. The second-order valence-electron chi connectivity index (χ2n) is 12.0. The van der Waals surface area contributed by atoms with Crippen LogP contribution in [0.15, 0.2) is 30.3 Å². The highest BCUT2D eigenvalue weighted by Crippen LogP contribution is 2.28. The molecule has 9 heteroatoms. The van der Waals surface area contributed by atoms with E-state index in [0.29, 0.717) is 48.9 Å². The maximum atomic E-state index is 13.8. The number of nitrogens with one attached hydrogen (secondary N) is 2. The molecule has 1 aromatic carbocycles. The molecule has 2 aliphatic heterocycles. The third-order valence-corrected chi connectivity index (χ3v) is 10.6. The highest BCUT2D eigenvalue weighted by molar-refractivity contribution is 7.99. The average Bonchev–Trinajstić information content (AvgIpc) is 3.47. The Labute approximate surface area is 249 Å². The molecule has 0 radical (unpaired) electrons. The van der Waals surface area contributed by atoms with Gasteiger partial charge in [0.2, 0.25) is 17.7 Å². The summed E-state index contributed by atoms with van der Waals surface area (Å²) < 4.78 is 0. The Bertz CT molecular complexity index is 949. The number of carbonyl (C=O) groups is 3. The van der Waals surface area contributed by atoms with Gasteiger partial charge in [0.1, 0.15) is 12.1 Å². The minimum absolute atomic E-state index is 0.0247. The van der Waals surface area contributed by atoms with E-state index in [-0.39, 0.29) is 23.6 Å². The topological polar surface area (TPSA) is 81.8 Å². The summed E-state index contributed by atoms with van der Waals surface area (Å²) in [5.41, 5.74) is 1.27. The third kappa shape index (κ3) is 9.41. The Balaban J connectivity index is 1.33. The fourth-order valence-corrected chi connectivity index (χ4v) is 8.35. The maximum Gasteiger partial charge on any atom is 0.246 e. The van der Waals surface area contributed by atoms with Gasteiger partial charge in [-0.3, -0.25) is 14.4 Å². The smallest absolute Gasteiger partial charge is 0.246 e. The van der Waals surface area contributed by atoms with E-state index < -0.39 is 12.1 Å². The highest BCUT2D eigenvalue weighted by Gasteiger charge is 2.37. The van der Waals surface area contributed by atoms with Crippen molar-refractivity contribution >= 4 is 41.2 Å². The molecule has 222 valence electrons. The lowest BCUT2D eigenvalue weighted by atomic mass is 9.91. The lowest BCUT2D eigenvalue weighted by Crippen LogP contribution is -2.57. The fourth-order valence-electron chi connectivity index (χ4n) is 5.90. The number of nitrogens with zero attached hydrogens (tertiary/aromatic N) is 2. The van der Waals surface area contributed by atoms with E-state index in [0.717, 1.165) is 25.1 Å². The molecule has 0 bridgehead atoms. The molecule has 3 amide bonds. The number of amides is 3. The molecule has 7 nitrogen and oxygen atoms in total. The lowest BCUT2D eigenvalue weighted by molar-refractivity contribution is -0.141. The molecule has 0 unspecified atom stereocenters. The quantitative estimate of drug-likeness (QED) is 0.374. The number of rotatable bonds is 12. The van der Waals surface area contributed by atoms with Crippen molar-refractivity contribution in [2.24, 2.45) is 11.8 Å². The van der Waals surface area contributed by atoms with Crippen molar-refractivity contribution in [3.8, 4) is 0 Å². The van der Waals surface area contributed by atoms with Gasteiger partial charge in [-0.25, -0.2) is 0 Å².